The van der Waals surface area contributed by atoms with Gasteiger partial charge in [0.25, 0.3) is 0 Å². The van der Waals surface area contributed by atoms with E-state index in [0.717, 1.165) is 22.7 Å². The van der Waals surface area contributed by atoms with Gasteiger partial charge in [-0.05, 0) is 54.8 Å². The maximum Gasteiger partial charge on any atom is 0.119 e. The molecule has 0 saturated heterocycles. The van der Waals surface area contributed by atoms with E-state index >= 15 is 0 Å². The second-order valence-electron chi connectivity index (χ2n) is 4.76. The van der Waals surface area contributed by atoms with Gasteiger partial charge in [0.2, 0.25) is 0 Å². The molecule has 3 heteroatoms. The maximum absolute atomic E-state index is 6.08. The van der Waals surface area contributed by atoms with Crippen molar-refractivity contribution in [2.24, 2.45) is 0 Å². The third kappa shape index (κ3) is 2.66. The Kier molecular flexibility index (Phi) is 3.66. The van der Waals surface area contributed by atoms with Gasteiger partial charge in [-0.2, -0.15) is 0 Å². The van der Waals surface area contributed by atoms with Crippen LogP contribution in [0.3, 0.4) is 0 Å². The van der Waals surface area contributed by atoms with E-state index in [2.05, 4.69) is 17.1 Å². The SMILES string of the molecule is CCOc1cccc(Cc2c[nH]c3ccc(Cl)cc23)c1. The predicted octanol–water partition coefficient (Wildman–Crippen LogP) is 4.81. The molecule has 0 aliphatic heterocycles. The van der Waals surface area contributed by atoms with Crippen molar-refractivity contribution >= 4 is 22.5 Å². The number of hydrogen-bond donors (Lipinski definition) is 1. The Bertz CT molecular complexity index is 733. The minimum Gasteiger partial charge on any atom is -0.494 e. The van der Waals surface area contributed by atoms with Gasteiger partial charge >= 0.3 is 0 Å². The molecule has 0 atom stereocenters. The quantitative estimate of drug-likeness (QED) is 0.731. The monoisotopic (exact) mass is 285 g/mol. The van der Waals surface area contributed by atoms with Gasteiger partial charge in [-0.25, -0.2) is 0 Å². The molecule has 2 aromatic carbocycles. The van der Waals surface area contributed by atoms with Crippen molar-refractivity contribution in [3.8, 4) is 5.75 Å². The average Bonchev–Trinajstić information content (AvgIpc) is 2.82. The second kappa shape index (κ2) is 5.59. The lowest BCUT2D eigenvalue weighted by molar-refractivity contribution is 0.340. The average molecular weight is 286 g/mol. The third-order valence-electron chi connectivity index (χ3n) is 3.33. The zero-order valence-corrected chi connectivity index (χ0v) is 12.1. The van der Waals surface area contributed by atoms with Crippen molar-refractivity contribution in [1.82, 2.24) is 4.98 Å². The molecule has 102 valence electrons. The Morgan fingerprint density at radius 1 is 1.15 bits per heavy atom. The number of H-pyrrole nitrogens is 1. The number of fused-ring (bicyclic) bond motifs is 1. The molecule has 20 heavy (non-hydrogen) atoms. The molecule has 1 aromatic heterocycles. The van der Waals surface area contributed by atoms with Crippen LogP contribution in [0.4, 0.5) is 0 Å². The molecule has 0 radical (unpaired) electrons. The van der Waals surface area contributed by atoms with E-state index in [0.29, 0.717) is 6.61 Å². The van der Waals surface area contributed by atoms with Crippen LogP contribution >= 0.6 is 11.6 Å². The normalized spacial score (nSPS) is 10.9. The first kappa shape index (κ1) is 13.1. The highest BCUT2D eigenvalue weighted by molar-refractivity contribution is 6.31. The minimum absolute atomic E-state index is 0.687. The fraction of sp³-hybridized carbons (Fsp3) is 0.176. The second-order valence-corrected chi connectivity index (χ2v) is 5.20. The van der Waals surface area contributed by atoms with Gasteiger partial charge < -0.3 is 9.72 Å². The van der Waals surface area contributed by atoms with E-state index in [1.54, 1.807) is 0 Å². The lowest BCUT2D eigenvalue weighted by Crippen LogP contribution is -1.93. The fourth-order valence-corrected chi connectivity index (χ4v) is 2.60. The Balaban J connectivity index is 1.92. The molecule has 0 aliphatic carbocycles. The smallest absolute Gasteiger partial charge is 0.119 e. The summed E-state index contributed by atoms with van der Waals surface area (Å²) in [5.41, 5.74) is 3.60. The molecular formula is C17H16ClNO. The Morgan fingerprint density at radius 3 is 2.90 bits per heavy atom. The van der Waals surface area contributed by atoms with Crippen molar-refractivity contribution in [2.75, 3.05) is 6.61 Å². The molecule has 1 heterocycles. The number of ether oxygens (including phenoxy) is 1. The van der Waals surface area contributed by atoms with E-state index in [-0.39, 0.29) is 0 Å². The molecule has 0 spiro atoms. The van der Waals surface area contributed by atoms with Crippen molar-refractivity contribution in [3.63, 3.8) is 0 Å². The number of rotatable bonds is 4. The van der Waals surface area contributed by atoms with Crippen LogP contribution in [0.15, 0.2) is 48.7 Å². The van der Waals surface area contributed by atoms with Crippen molar-refractivity contribution in [2.45, 2.75) is 13.3 Å². The summed E-state index contributed by atoms with van der Waals surface area (Å²) in [5, 5.41) is 1.95. The minimum atomic E-state index is 0.687. The first-order chi connectivity index (χ1) is 9.76. The molecule has 0 bridgehead atoms. The summed E-state index contributed by atoms with van der Waals surface area (Å²) in [6.07, 6.45) is 2.91. The van der Waals surface area contributed by atoms with Gasteiger partial charge in [0.1, 0.15) is 5.75 Å². The topological polar surface area (TPSA) is 25.0 Å². The third-order valence-corrected chi connectivity index (χ3v) is 3.57. The molecule has 0 saturated carbocycles. The van der Waals surface area contributed by atoms with Gasteiger partial charge in [0.15, 0.2) is 0 Å². The number of nitrogens with one attached hydrogen (secondary N) is 1. The van der Waals surface area contributed by atoms with Gasteiger partial charge in [0, 0.05) is 22.1 Å². The van der Waals surface area contributed by atoms with Crippen LogP contribution in [0.25, 0.3) is 10.9 Å². The largest absolute Gasteiger partial charge is 0.494 e. The first-order valence-electron chi connectivity index (χ1n) is 6.73. The van der Waals surface area contributed by atoms with E-state index < -0.39 is 0 Å². The summed E-state index contributed by atoms with van der Waals surface area (Å²) < 4.78 is 5.54. The number of aromatic amines is 1. The van der Waals surface area contributed by atoms with Crippen LogP contribution in [0.2, 0.25) is 5.02 Å². The first-order valence-corrected chi connectivity index (χ1v) is 7.11. The van der Waals surface area contributed by atoms with E-state index in [1.165, 1.54) is 16.5 Å². The molecule has 3 aromatic rings. The molecular weight excluding hydrogens is 270 g/mol. The zero-order chi connectivity index (χ0) is 13.9. The van der Waals surface area contributed by atoms with E-state index in [9.17, 15) is 0 Å². The summed E-state index contributed by atoms with van der Waals surface area (Å²) in [7, 11) is 0. The van der Waals surface area contributed by atoms with Crippen LogP contribution in [0.5, 0.6) is 5.75 Å². The summed E-state index contributed by atoms with van der Waals surface area (Å²) in [6.45, 7) is 2.68. The molecule has 0 amide bonds. The summed E-state index contributed by atoms with van der Waals surface area (Å²) in [4.78, 5) is 3.29. The van der Waals surface area contributed by atoms with E-state index in [1.807, 2.05) is 43.5 Å². The Hall–Kier alpha value is -1.93. The van der Waals surface area contributed by atoms with Gasteiger partial charge in [-0.3, -0.25) is 0 Å². The lowest BCUT2D eigenvalue weighted by Gasteiger charge is -2.06. The highest BCUT2D eigenvalue weighted by Crippen LogP contribution is 2.25. The van der Waals surface area contributed by atoms with Crippen molar-refractivity contribution in [3.05, 3.63) is 64.8 Å². The van der Waals surface area contributed by atoms with Gasteiger partial charge in [-0.15, -0.1) is 0 Å². The van der Waals surface area contributed by atoms with Gasteiger partial charge in [-0.1, -0.05) is 23.7 Å². The number of benzene rings is 2. The number of aromatic nitrogens is 1. The van der Waals surface area contributed by atoms with Crippen LogP contribution in [-0.4, -0.2) is 11.6 Å². The zero-order valence-electron chi connectivity index (χ0n) is 11.3. The summed E-state index contributed by atoms with van der Waals surface area (Å²) in [6, 6.07) is 14.1. The van der Waals surface area contributed by atoms with Crippen molar-refractivity contribution < 1.29 is 4.74 Å². The molecule has 0 fully saturated rings. The number of halogens is 1. The lowest BCUT2D eigenvalue weighted by atomic mass is 10.0. The Labute approximate surface area is 123 Å². The van der Waals surface area contributed by atoms with Crippen molar-refractivity contribution in [1.29, 1.82) is 0 Å². The summed E-state index contributed by atoms with van der Waals surface area (Å²) >= 11 is 6.08. The van der Waals surface area contributed by atoms with Crippen LogP contribution < -0.4 is 4.74 Å². The van der Waals surface area contributed by atoms with Crippen LogP contribution in [0, 0.1) is 0 Å². The maximum atomic E-state index is 6.08. The van der Waals surface area contributed by atoms with Crippen LogP contribution in [-0.2, 0) is 6.42 Å². The highest BCUT2D eigenvalue weighted by atomic mass is 35.5. The molecule has 2 nitrogen and oxygen atoms in total. The van der Waals surface area contributed by atoms with E-state index in [4.69, 9.17) is 16.3 Å². The number of hydrogen-bond acceptors (Lipinski definition) is 1. The highest BCUT2D eigenvalue weighted by Gasteiger charge is 2.06. The van der Waals surface area contributed by atoms with Crippen LogP contribution in [0.1, 0.15) is 18.1 Å². The standard InChI is InChI=1S/C17H16ClNO/c1-2-20-15-5-3-4-12(9-15)8-13-11-19-17-7-6-14(18)10-16(13)17/h3-7,9-11,19H,2,8H2,1H3. The van der Waals surface area contributed by atoms with Gasteiger partial charge in [0.05, 0.1) is 6.61 Å². The predicted molar refractivity (Wildman–Crippen MR) is 83.7 cm³/mol. The fourth-order valence-electron chi connectivity index (χ4n) is 2.43. The Morgan fingerprint density at radius 2 is 2.05 bits per heavy atom. The molecule has 3 rings (SSSR count). The molecule has 0 aliphatic rings. The summed E-state index contributed by atoms with van der Waals surface area (Å²) in [5.74, 6) is 0.919. The molecule has 0 unspecified atom stereocenters. The molecule has 1 N–H and O–H groups in total.